The molecule has 0 N–H and O–H groups in total. The van der Waals surface area contributed by atoms with E-state index in [4.69, 9.17) is 11.2 Å². The number of hydrogen-bond donors (Lipinski definition) is 0. The summed E-state index contributed by atoms with van der Waals surface area (Å²) < 4.78 is 5.29. The summed E-state index contributed by atoms with van der Waals surface area (Å²) in [5.41, 5.74) is -0.986. The average molecular weight is 251 g/mol. The van der Waals surface area contributed by atoms with Crippen molar-refractivity contribution in [1.29, 1.82) is 0 Å². The molecule has 1 aliphatic heterocycles. The SMILES string of the molecule is C#CC(=O)C1(C)CCN(C(=O)OC(C)(C)C)CC1. The number of hydrogen-bond acceptors (Lipinski definition) is 3. The Morgan fingerprint density at radius 1 is 1.28 bits per heavy atom. The van der Waals surface area contributed by atoms with E-state index in [0.717, 1.165) is 0 Å². The van der Waals surface area contributed by atoms with Crippen LogP contribution in [0.25, 0.3) is 0 Å². The zero-order chi connectivity index (χ0) is 14.0. The predicted molar refractivity (Wildman–Crippen MR) is 69.0 cm³/mol. The minimum absolute atomic E-state index is 0.175. The number of ether oxygens (including phenoxy) is 1. The number of carbonyl (C=O) groups is 2. The van der Waals surface area contributed by atoms with Crippen LogP contribution in [0.2, 0.25) is 0 Å². The summed E-state index contributed by atoms with van der Waals surface area (Å²) in [6, 6.07) is 0. The van der Waals surface area contributed by atoms with E-state index in [1.807, 2.05) is 27.7 Å². The van der Waals surface area contributed by atoms with E-state index < -0.39 is 11.0 Å². The first kappa shape index (κ1) is 14.6. The zero-order valence-electron chi connectivity index (χ0n) is 11.6. The topological polar surface area (TPSA) is 46.6 Å². The summed E-state index contributed by atoms with van der Waals surface area (Å²) in [4.78, 5) is 25.1. The Morgan fingerprint density at radius 3 is 2.17 bits per heavy atom. The summed E-state index contributed by atoms with van der Waals surface area (Å²) >= 11 is 0. The maximum atomic E-state index is 11.8. The van der Waals surface area contributed by atoms with Crippen LogP contribution in [-0.2, 0) is 9.53 Å². The summed E-state index contributed by atoms with van der Waals surface area (Å²) in [5.74, 6) is 2.01. The zero-order valence-corrected chi connectivity index (χ0v) is 11.6. The Labute approximate surface area is 109 Å². The fourth-order valence-corrected chi connectivity index (χ4v) is 1.91. The van der Waals surface area contributed by atoms with Gasteiger partial charge in [-0.3, -0.25) is 4.79 Å². The molecular formula is C14H21NO3. The fraction of sp³-hybridized carbons (Fsp3) is 0.714. The number of amides is 1. The molecule has 100 valence electrons. The molecule has 1 heterocycles. The summed E-state index contributed by atoms with van der Waals surface area (Å²) in [6.45, 7) is 8.39. The van der Waals surface area contributed by atoms with E-state index in [1.54, 1.807) is 4.90 Å². The van der Waals surface area contributed by atoms with Crippen molar-refractivity contribution in [3.8, 4) is 12.3 Å². The van der Waals surface area contributed by atoms with E-state index in [-0.39, 0.29) is 11.9 Å². The van der Waals surface area contributed by atoms with Gasteiger partial charge in [0, 0.05) is 18.5 Å². The van der Waals surface area contributed by atoms with Crippen molar-refractivity contribution < 1.29 is 14.3 Å². The lowest BCUT2D eigenvalue weighted by molar-refractivity contribution is -0.124. The highest BCUT2D eigenvalue weighted by atomic mass is 16.6. The highest BCUT2D eigenvalue weighted by molar-refractivity contribution is 5.99. The highest BCUT2D eigenvalue weighted by Gasteiger charge is 2.38. The lowest BCUT2D eigenvalue weighted by Crippen LogP contribution is -2.46. The van der Waals surface area contributed by atoms with Crippen LogP contribution in [0.15, 0.2) is 0 Å². The third-order valence-corrected chi connectivity index (χ3v) is 3.20. The molecule has 0 radical (unpaired) electrons. The van der Waals surface area contributed by atoms with Gasteiger partial charge in [-0.25, -0.2) is 4.79 Å². The van der Waals surface area contributed by atoms with Gasteiger partial charge in [-0.05, 0) is 39.5 Å². The van der Waals surface area contributed by atoms with Gasteiger partial charge in [-0.15, -0.1) is 6.42 Å². The summed E-state index contributed by atoms with van der Waals surface area (Å²) in [7, 11) is 0. The van der Waals surface area contributed by atoms with Crippen molar-refractivity contribution in [3.63, 3.8) is 0 Å². The van der Waals surface area contributed by atoms with Crippen LogP contribution in [0.5, 0.6) is 0 Å². The van der Waals surface area contributed by atoms with Crippen molar-refractivity contribution >= 4 is 11.9 Å². The molecular weight excluding hydrogens is 230 g/mol. The number of ketones is 1. The van der Waals surface area contributed by atoms with Gasteiger partial charge in [-0.1, -0.05) is 6.92 Å². The molecule has 0 aliphatic carbocycles. The first-order valence-corrected chi connectivity index (χ1v) is 6.17. The summed E-state index contributed by atoms with van der Waals surface area (Å²) in [6.07, 6.45) is 6.02. The highest BCUT2D eigenvalue weighted by Crippen LogP contribution is 2.32. The van der Waals surface area contributed by atoms with E-state index in [0.29, 0.717) is 25.9 Å². The van der Waals surface area contributed by atoms with Crippen molar-refractivity contribution in [2.24, 2.45) is 5.41 Å². The molecule has 0 atom stereocenters. The molecule has 0 aromatic heterocycles. The molecule has 1 rings (SSSR count). The molecule has 0 saturated carbocycles. The molecule has 0 unspecified atom stereocenters. The van der Waals surface area contributed by atoms with Crippen LogP contribution in [-0.4, -0.2) is 35.5 Å². The molecule has 0 bridgehead atoms. The molecule has 0 aromatic rings. The van der Waals surface area contributed by atoms with E-state index in [2.05, 4.69) is 5.92 Å². The molecule has 4 nitrogen and oxygen atoms in total. The van der Waals surface area contributed by atoms with Crippen molar-refractivity contribution in [2.75, 3.05) is 13.1 Å². The number of terminal acetylenes is 1. The van der Waals surface area contributed by atoms with Gasteiger partial charge in [0.05, 0.1) is 0 Å². The fourth-order valence-electron chi connectivity index (χ4n) is 1.91. The standard InChI is InChI=1S/C14H21NO3/c1-6-11(16)14(5)7-9-15(10-8-14)12(17)18-13(2,3)4/h1H,7-10H2,2-5H3. The Morgan fingerprint density at radius 2 is 1.78 bits per heavy atom. The minimum atomic E-state index is -0.494. The Balaban J connectivity index is 2.57. The van der Waals surface area contributed by atoms with Crippen LogP contribution in [0.4, 0.5) is 4.79 Å². The molecule has 0 spiro atoms. The Hall–Kier alpha value is -1.50. The van der Waals surface area contributed by atoms with Crippen LogP contribution >= 0.6 is 0 Å². The molecule has 1 fully saturated rings. The third-order valence-electron chi connectivity index (χ3n) is 3.20. The van der Waals surface area contributed by atoms with E-state index in [9.17, 15) is 9.59 Å². The maximum absolute atomic E-state index is 11.8. The van der Waals surface area contributed by atoms with Crippen molar-refractivity contribution in [2.45, 2.75) is 46.1 Å². The predicted octanol–water partition coefficient (Wildman–Crippen LogP) is 2.23. The number of Topliss-reactive ketones (excluding diaryl/α,β-unsaturated/α-hetero) is 1. The molecule has 1 amide bonds. The molecule has 18 heavy (non-hydrogen) atoms. The van der Waals surface area contributed by atoms with Crippen molar-refractivity contribution in [3.05, 3.63) is 0 Å². The van der Waals surface area contributed by atoms with Gasteiger partial charge in [-0.2, -0.15) is 0 Å². The lowest BCUT2D eigenvalue weighted by atomic mass is 9.77. The number of rotatable bonds is 1. The second kappa shape index (κ2) is 5.01. The first-order chi connectivity index (χ1) is 8.18. The van der Waals surface area contributed by atoms with Crippen LogP contribution in [0.1, 0.15) is 40.5 Å². The first-order valence-electron chi connectivity index (χ1n) is 6.17. The normalized spacial score (nSPS) is 18.9. The Bertz CT molecular complexity index is 379. The van der Waals surface area contributed by atoms with Gasteiger partial charge in [0.15, 0.2) is 0 Å². The number of likely N-dealkylation sites (tertiary alicyclic amines) is 1. The van der Waals surface area contributed by atoms with Crippen LogP contribution < -0.4 is 0 Å². The summed E-state index contributed by atoms with van der Waals surface area (Å²) in [5, 5.41) is 0. The van der Waals surface area contributed by atoms with Gasteiger partial charge in [0.1, 0.15) is 5.60 Å². The van der Waals surface area contributed by atoms with Crippen LogP contribution in [0.3, 0.4) is 0 Å². The van der Waals surface area contributed by atoms with Gasteiger partial charge >= 0.3 is 6.09 Å². The number of carbonyl (C=O) groups excluding carboxylic acids is 2. The minimum Gasteiger partial charge on any atom is -0.444 e. The quantitative estimate of drug-likeness (QED) is 0.530. The lowest BCUT2D eigenvalue weighted by Gasteiger charge is -2.37. The molecule has 1 aliphatic rings. The largest absolute Gasteiger partial charge is 0.444 e. The second-order valence-electron chi connectivity index (χ2n) is 6.00. The maximum Gasteiger partial charge on any atom is 0.410 e. The smallest absolute Gasteiger partial charge is 0.410 e. The third kappa shape index (κ3) is 3.49. The number of nitrogens with zero attached hydrogens (tertiary/aromatic N) is 1. The monoisotopic (exact) mass is 251 g/mol. The Kier molecular flexibility index (Phi) is 4.05. The van der Waals surface area contributed by atoms with E-state index >= 15 is 0 Å². The number of piperidine rings is 1. The molecule has 4 heteroatoms. The van der Waals surface area contributed by atoms with Crippen molar-refractivity contribution in [1.82, 2.24) is 4.90 Å². The molecule has 0 aromatic carbocycles. The van der Waals surface area contributed by atoms with Gasteiger partial charge < -0.3 is 9.64 Å². The van der Waals surface area contributed by atoms with Gasteiger partial charge in [0.25, 0.3) is 0 Å². The average Bonchev–Trinajstić information content (AvgIpc) is 2.26. The molecule has 1 saturated heterocycles. The van der Waals surface area contributed by atoms with Gasteiger partial charge in [0.2, 0.25) is 5.78 Å². The van der Waals surface area contributed by atoms with E-state index in [1.165, 1.54) is 0 Å². The van der Waals surface area contributed by atoms with Crippen LogP contribution in [0, 0.1) is 17.8 Å². The second-order valence-corrected chi connectivity index (χ2v) is 6.00.